The van der Waals surface area contributed by atoms with E-state index in [9.17, 15) is 9.90 Å². The van der Waals surface area contributed by atoms with Gasteiger partial charge < -0.3 is 14.9 Å². The minimum atomic E-state index is -1.93. The van der Waals surface area contributed by atoms with Gasteiger partial charge in [-0.05, 0) is 19.1 Å². The van der Waals surface area contributed by atoms with Crippen molar-refractivity contribution >= 4 is 28.3 Å². The number of ether oxygens (including phenoxy) is 1. The molecule has 2 rings (SSSR count). The number of hydrogen-bond donors (Lipinski definition) is 2. The van der Waals surface area contributed by atoms with Gasteiger partial charge >= 0.3 is 5.97 Å². The van der Waals surface area contributed by atoms with Crippen molar-refractivity contribution in [3.8, 4) is 5.75 Å². The molecule has 0 bridgehead atoms. The van der Waals surface area contributed by atoms with Gasteiger partial charge in [0.1, 0.15) is 12.4 Å². The quantitative estimate of drug-likeness (QED) is 0.904. The fourth-order valence-electron chi connectivity index (χ4n) is 1.64. The van der Waals surface area contributed by atoms with Gasteiger partial charge in [0.05, 0.1) is 0 Å². The second-order valence-corrected chi connectivity index (χ2v) is 4.87. The predicted molar refractivity (Wildman–Crippen MR) is 72.7 cm³/mol. The molecule has 1 unspecified atom stereocenters. The molecule has 0 aromatic heterocycles. The van der Waals surface area contributed by atoms with Crippen LogP contribution < -0.4 is 4.74 Å². The smallest absolute Gasteiger partial charge is 0.339 e. The lowest BCUT2D eigenvalue weighted by molar-refractivity contribution is -0.159. The Bertz CT molecular complexity index is 622. The van der Waals surface area contributed by atoms with E-state index >= 15 is 0 Å². The van der Waals surface area contributed by atoms with Gasteiger partial charge in [0.2, 0.25) is 0 Å². The van der Waals surface area contributed by atoms with Gasteiger partial charge in [-0.25, -0.2) is 4.79 Å². The normalized spacial score (nSPS) is 14.1. The Morgan fingerprint density at radius 1 is 1.26 bits per heavy atom. The van der Waals surface area contributed by atoms with Crippen LogP contribution >= 0.6 is 11.6 Å². The Morgan fingerprint density at radius 2 is 1.89 bits per heavy atom. The average molecular weight is 281 g/mol. The first-order valence-corrected chi connectivity index (χ1v) is 6.05. The third kappa shape index (κ3) is 2.80. The number of carbonyl (C=O) groups is 1. The maximum atomic E-state index is 10.8. The molecule has 0 aliphatic carbocycles. The molecule has 1 atom stereocenters. The maximum Gasteiger partial charge on any atom is 0.339 e. The fourth-order valence-corrected chi connectivity index (χ4v) is 1.87. The van der Waals surface area contributed by atoms with Crippen LogP contribution in [-0.4, -0.2) is 28.4 Å². The van der Waals surface area contributed by atoms with E-state index in [1.165, 1.54) is 6.92 Å². The van der Waals surface area contributed by atoms with Gasteiger partial charge in [0.25, 0.3) is 0 Å². The predicted octanol–water partition coefficient (Wildman–Crippen LogP) is 2.71. The lowest BCUT2D eigenvalue weighted by Crippen LogP contribution is -2.41. The second kappa shape index (κ2) is 5.07. The molecule has 0 radical (unpaired) electrons. The number of fused-ring (bicyclic) bond motifs is 1. The molecular formula is C14H13ClO4. The van der Waals surface area contributed by atoms with Gasteiger partial charge in [0.15, 0.2) is 5.60 Å². The molecule has 4 nitrogen and oxygen atoms in total. The molecule has 0 amide bonds. The number of carboxylic acid groups (broad SMARTS) is 1. The highest BCUT2D eigenvalue weighted by Gasteiger charge is 2.31. The van der Waals surface area contributed by atoms with Gasteiger partial charge in [-0.3, -0.25) is 0 Å². The van der Waals surface area contributed by atoms with E-state index < -0.39 is 11.6 Å². The van der Waals surface area contributed by atoms with E-state index in [0.717, 1.165) is 10.8 Å². The van der Waals surface area contributed by atoms with E-state index in [0.29, 0.717) is 10.8 Å². The highest BCUT2D eigenvalue weighted by Crippen LogP contribution is 2.31. The van der Waals surface area contributed by atoms with Crippen molar-refractivity contribution in [3.05, 3.63) is 41.4 Å². The van der Waals surface area contributed by atoms with Crippen LogP contribution in [0.5, 0.6) is 5.75 Å². The Labute approximate surface area is 115 Å². The van der Waals surface area contributed by atoms with Crippen LogP contribution in [0.1, 0.15) is 6.92 Å². The average Bonchev–Trinajstić information content (AvgIpc) is 2.38. The molecule has 0 heterocycles. The van der Waals surface area contributed by atoms with Crippen molar-refractivity contribution in [1.29, 1.82) is 0 Å². The Kier molecular flexibility index (Phi) is 3.64. The van der Waals surface area contributed by atoms with Crippen molar-refractivity contribution in [2.45, 2.75) is 12.5 Å². The molecule has 0 aliphatic rings. The van der Waals surface area contributed by atoms with Crippen LogP contribution in [0.4, 0.5) is 0 Å². The first-order valence-electron chi connectivity index (χ1n) is 5.67. The zero-order chi connectivity index (χ0) is 14.0. The molecule has 19 heavy (non-hydrogen) atoms. The van der Waals surface area contributed by atoms with Crippen LogP contribution in [0.3, 0.4) is 0 Å². The minimum absolute atomic E-state index is 0.339. The van der Waals surface area contributed by atoms with Crippen LogP contribution in [0.2, 0.25) is 5.02 Å². The summed E-state index contributed by atoms with van der Waals surface area (Å²) in [5.41, 5.74) is -1.93. The number of aliphatic hydroxyl groups is 1. The summed E-state index contributed by atoms with van der Waals surface area (Å²) >= 11 is 6.07. The summed E-state index contributed by atoms with van der Waals surface area (Å²) in [4.78, 5) is 10.8. The monoisotopic (exact) mass is 280 g/mol. The molecule has 0 fully saturated rings. The lowest BCUT2D eigenvalue weighted by atomic mass is 10.1. The Morgan fingerprint density at radius 3 is 2.53 bits per heavy atom. The van der Waals surface area contributed by atoms with Crippen molar-refractivity contribution in [1.82, 2.24) is 0 Å². The van der Waals surface area contributed by atoms with E-state index in [1.807, 2.05) is 24.3 Å². The maximum absolute atomic E-state index is 10.8. The molecule has 0 saturated heterocycles. The number of rotatable bonds is 4. The van der Waals surface area contributed by atoms with E-state index in [-0.39, 0.29) is 6.61 Å². The highest BCUT2D eigenvalue weighted by molar-refractivity contribution is 6.35. The first-order chi connectivity index (χ1) is 8.92. The summed E-state index contributed by atoms with van der Waals surface area (Å²) in [5.74, 6) is -0.840. The van der Waals surface area contributed by atoms with Crippen LogP contribution in [-0.2, 0) is 4.79 Å². The summed E-state index contributed by atoms with van der Waals surface area (Å²) in [6, 6.07) is 10.7. The molecule has 2 aromatic rings. The zero-order valence-corrected chi connectivity index (χ0v) is 11.0. The molecule has 0 spiro atoms. The van der Waals surface area contributed by atoms with Crippen LogP contribution in [0.25, 0.3) is 10.8 Å². The molecule has 5 heteroatoms. The standard InChI is InChI=1S/C14H13ClO4/c1-14(18,13(16)17)8-19-12-7-6-11(15)9-4-2-3-5-10(9)12/h2-7,18H,8H2,1H3,(H,16,17). The first kappa shape index (κ1) is 13.6. The topological polar surface area (TPSA) is 66.8 Å². The largest absolute Gasteiger partial charge is 0.489 e. The van der Waals surface area contributed by atoms with Crippen molar-refractivity contribution in [3.63, 3.8) is 0 Å². The van der Waals surface area contributed by atoms with Crippen LogP contribution in [0.15, 0.2) is 36.4 Å². The Balaban J connectivity index is 2.32. The molecule has 2 aromatic carbocycles. The minimum Gasteiger partial charge on any atom is -0.489 e. The molecule has 100 valence electrons. The Hall–Kier alpha value is -1.78. The third-order valence-corrected chi connectivity index (χ3v) is 3.13. The van der Waals surface area contributed by atoms with Crippen LogP contribution in [0, 0.1) is 0 Å². The van der Waals surface area contributed by atoms with Gasteiger partial charge in [-0.2, -0.15) is 0 Å². The van der Waals surface area contributed by atoms with Crippen molar-refractivity contribution in [2.24, 2.45) is 0 Å². The number of aliphatic carboxylic acids is 1. The summed E-state index contributed by atoms with van der Waals surface area (Å²) < 4.78 is 5.41. The summed E-state index contributed by atoms with van der Waals surface area (Å²) in [6.07, 6.45) is 0. The van der Waals surface area contributed by atoms with Gasteiger partial charge in [-0.1, -0.05) is 35.9 Å². The van der Waals surface area contributed by atoms with Gasteiger partial charge in [0, 0.05) is 15.8 Å². The van der Waals surface area contributed by atoms with Gasteiger partial charge in [-0.15, -0.1) is 0 Å². The SMILES string of the molecule is CC(O)(COc1ccc(Cl)c2ccccc12)C(=O)O. The summed E-state index contributed by atoms with van der Waals surface area (Å²) in [6.45, 7) is 0.849. The third-order valence-electron chi connectivity index (χ3n) is 2.80. The molecule has 0 saturated carbocycles. The molecule has 2 N–H and O–H groups in total. The number of hydrogen-bond acceptors (Lipinski definition) is 3. The molecule has 0 aliphatic heterocycles. The number of benzene rings is 2. The number of halogens is 1. The zero-order valence-electron chi connectivity index (χ0n) is 10.3. The summed E-state index contributed by atoms with van der Waals surface area (Å²) in [7, 11) is 0. The number of carboxylic acids is 1. The van der Waals surface area contributed by atoms with Crippen molar-refractivity contribution < 1.29 is 19.7 Å². The lowest BCUT2D eigenvalue weighted by Gasteiger charge is -2.19. The second-order valence-electron chi connectivity index (χ2n) is 4.46. The summed E-state index contributed by atoms with van der Waals surface area (Å²) in [5, 5.41) is 20.6. The van der Waals surface area contributed by atoms with E-state index in [2.05, 4.69) is 0 Å². The highest BCUT2D eigenvalue weighted by atomic mass is 35.5. The van der Waals surface area contributed by atoms with Crippen molar-refractivity contribution in [2.75, 3.05) is 6.61 Å². The van der Waals surface area contributed by atoms with E-state index in [1.54, 1.807) is 12.1 Å². The molecular weight excluding hydrogens is 268 g/mol. The fraction of sp³-hybridized carbons (Fsp3) is 0.214. The van der Waals surface area contributed by atoms with E-state index in [4.69, 9.17) is 21.4 Å².